The number of nitrogens with two attached hydrogens (primary N) is 1. The summed E-state index contributed by atoms with van der Waals surface area (Å²) in [7, 11) is 0. The quantitative estimate of drug-likeness (QED) is 0.735. The van der Waals surface area contributed by atoms with Crippen LogP contribution in [0.4, 0.5) is 0 Å². The number of carbonyl (C=O) groups excluding carboxylic acids is 1. The van der Waals surface area contributed by atoms with Crippen molar-refractivity contribution in [1.29, 1.82) is 0 Å². The van der Waals surface area contributed by atoms with Gasteiger partial charge in [-0.1, -0.05) is 0 Å². The lowest BCUT2D eigenvalue weighted by molar-refractivity contribution is -0.124. The molecule has 1 atom stereocenters. The van der Waals surface area contributed by atoms with Gasteiger partial charge >= 0.3 is 0 Å². The summed E-state index contributed by atoms with van der Waals surface area (Å²) in [6, 6.07) is 0.245. The number of primary amides is 1. The van der Waals surface area contributed by atoms with Gasteiger partial charge in [0.05, 0.1) is 17.7 Å². The molecule has 1 aliphatic heterocycles. The summed E-state index contributed by atoms with van der Waals surface area (Å²) in [5.74, 6) is -0.270. The van der Waals surface area contributed by atoms with Crippen molar-refractivity contribution >= 4 is 5.91 Å². The first-order valence-corrected chi connectivity index (χ1v) is 7.58. The second-order valence-corrected chi connectivity index (χ2v) is 6.98. The van der Waals surface area contributed by atoms with Gasteiger partial charge in [0.2, 0.25) is 5.91 Å². The maximum atomic E-state index is 11.7. The largest absolute Gasteiger partial charge is 0.373 e. The maximum Gasteiger partial charge on any atom is 0.237 e. The highest BCUT2D eigenvalue weighted by Crippen LogP contribution is 2.18. The molecule has 1 unspecified atom stereocenters. The summed E-state index contributed by atoms with van der Waals surface area (Å²) in [5, 5.41) is 3.29. The van der Waals surface area contributed by atoms with Gasteiger partial charge in [0.1, 0.15) is 0 Å². The zero-order valence-electron chi connectivity index (χ0n) is 13.7. The highest BCUT2D eigenvalue weighted by atomic mass is 16.5. The number of amides is 1. The molecule has 1 aliphatic rings. The fraction of sp³-hybridized carbons (Fsp3) is 0.933. The lowest BCUT2D eigenvalue weighted by Gasteiger charge is -2.38. The SMILES string of the molecule is CC(C)NC(C)(CCCN1CCOC(C)(C)C1)C(N)=O. The average Bonchev–Trinajstić information content (AvgIpc) is 2.26. The minimum absolute atomic E-state index is 0.0680. The molecule has 1 saturated heterocycles. The standard InChI is InChI=1S/C15H31N3O2/c1-12(2)17-15(5,13(16)19)7-6-8-18-9-10-20-14(3,4)11-18/h12,17H,6-11H2,1-5H3,(H2,16,19). The zero-order chi connectivity index (χ0) is 15.4. The first kappa shape index (κ1) is 17.4. The van der Waals surface area contributed by atoms with Crippen LogP contribution < -0.4 is 11.1 Å². The van der Waals surface area contributed by atoms with E-state index in [1.54, 1.807) is 0 Å². The number of morpholine rings is 1. The van der Waals surface area contributed by atoms with E-state index in [1.807, 2.05) is 20.8 Å². The van der Waals surface area contributed by atoms with Gasteiger partial charge in [-0.15, -0.1) is 0 Å². The van der Waals surface area contributed by atoms with Crippen molar-refractivity contribution in [1.82, 2.24) is 10.2 Å². The summed E-state index contributed by atoms with van der Waals surface area (Å²) in [5.41, 5.74) is 4.86. The fourth-order valence-electron chi connectivity index (χ4n) is 2.86. The highest BCUT2D eigenvalue weighted by molar-refractivity contribution is 5.84. The Balaban J connectivity index is 2.43. The second-order valence-electron chi connectivity index (χ2n) is 6.98. The van der Waals surface area contributed by atoms with E-state index < -0.39 is 5.54 Å². The van der Waals surface area contributed by atoms with Crippen molar-refractivity contribution < 1.29 is 9.53 Å². The van der Waals surface area contributed by atoms with Gasteiger partial charge < -0.3 is 15.8 Å². The van der Waals surface area contributed by atoms with Crippen LogP contribution in [-0.2, 0) is 9.53 Å². The lowest BCUT2D eigenvalue weighted by Crippen LogP contribution is -2.56. The molecule has 0 radical (unpaired) electrons. The number of rotatable bonds is 7. The minimum Gasteiger partial charge on any atom is -0.373 e. The molecule has 0 aromatic carbocycles. The second kappa shape index (κ2) is 6.87. The third-order valence-corrected chi connectivity index (χ3v) is 3.81. The molecular formula is C15H31N3O2. The monoisotopic (exact) mass is 285 g/mol. The van der Waals surface area contributed by atoms with E-state index in [0.717, 1.165) is 39.1 Å². The van der Waals surface area contributed by atoms with Crippen LogP contribution in [0.3, 0.4) is 0 Å². The van der Waals surface area contributed by atoms with Crippen molar-refractivity contribution in [2.45, 2.75) is 64.6 Å². The van der Waals surface area contributed by atoms with E-state index >= 15 is 0 Å². The molecule has 3 N–H and O–H groups in total. The van der Waals surface area contributed by atoms with E-state index in [-0.39, 0.29) is 17.6 Å². The highest BCUT2D eigenvalue weighted by Gasteiger charge is 2.32. The van der Waals surface area contributed by atoms with Crippen LogP contribution in [0.25, 0.3) is 0 Å². The Morgan fingerprint density at radius 2 is 2.15 bits per heavy atom. The van der Waals surface area contributed by atoms with E-state index in [9.17, 15) is 4.79 Å². The lowest BCUT2D eigenvalue weighted by atomic mass is 9.93. The van der Waals surface area contributed by atoms with Crippen LogP contribution in [0.2, 0.25) is 0 Å². The number of nitrogens with one attached hydrogen (secondary N) is 1. The molecule has 20 heavy (non-hydrogen) atoms. The molecule has 0 saturated carbocycles. The Hall–Kier alpha value is -0.650. The minimum atomic E-state index is -0.615. The number of nitrogens with zero attached hydrogens (tertiary/aromatic N) is 1. The molecule has 0 bridgehead atoms. The third-order valence-electron chi connectivity index (χ3n) is 3.81. The molecule has 0 spiro atoms. The van der Waals surface area contributed by atoms with E-state index in [2.05, 4.69) is 24.1 Å². The molecule has 1 amide bonds. The summed E-state index contributed by atoms with van der Waals surface area (Å²) < 4.78 is 5.71. The van der Waals surface area contributed by atoms with E-state index in [1.165, 1.54) is 0 Å². The van der Waals surface area contributed by atoms with Crippen LogP contribution in [-0.4, -0.2) is 54.2 Å². The van der Waals surface area contributed by atoms with Crippen molar-refractivity contribution in [3.05, 3.63) is 0 Å². The summed E-state index contributed by atoms with van der Waals surface area (Å²) in [6.45, 7) is 13.9. The van der Waals surface area contributed by atoms with Crippen LogP contribution >= 0.6 is 0 Å². The van der Waals surface area contributed by atoms with Crippen molar-refractivity contribution in [3.8, 4) is 0 Å². The van der Waals surface area contributed by atoms with Crippen LogP contribution in [0.5, 0.6) is 0 Å². The summed E-state index contributed by atoms with van der Waals surface area (Å²) in [4.78, 5) is 14.1. The van der Waals surface area contributed by atoms with Gasteiger partial charge in [-0.05, 0) is 54.0 Å². The first-order chi connectivity index (χ1) is 9.15. The predicted molar refractivity (Wildman–Crippen MR) is 81.6 cm³/mol. The molecule has 118 valence electrons. The number of carbonyl (C=O) groups is 1. The number of ether oxygens (including phenoxy) is 1. The van der Waals surface area contributed by atoms with E-state index in [4.69, 9.17) is 10.5 Å². The van der Waals surface area contributed by atoms with Gasteiger partial charge in [-0.3, -0.25) is 9.69 Å². The van der Waals surface area contributed by atoms with Crippen LogP contribution in [0.15, 0.2) is 0 Å². The zero-order valence-corrected chi connectivity index (χ0v) is 13.7. The summed E-state index contributed by atoms with van der Waals surface area (Å²) in [6.07, 6.45) is 1.72. The van der Waals surface area contributed by atoms with Crippen molar-refractivity contribution in [3.63, 3.8) is 0 Å². The molecule has 5 heteroatoms. The molecule has 0 aliphatic carbocycles. The summed E-state index contributed by atoms with van der Waals surface area (Å²) >= 11 is 0. The molecule has 1 rings (SSSR count). The normalized spacial score (nSPS) is 22.7. The Bertz CT molecular complexity index is 331. The van der Waals surface area contributed by atoms with Gasteiger partial charge in [0.25, 0.3) is 0 Å². The smallest absolute Gasteiger partial charge is 0.237 e. The molecular weight excluding hydrogens is 254 g/mol. The predicted octanol–water partition coefficient (Wildman–Crippen LogP) is 1.12. The molecule has 0 aromatic rings. The van der Waals surface area contributed by atoms with E-state index in [0.29, 0.717) is 0 Å². The number of hydrogen-bond donors (Lipinski definition) is 2. The number of hydrogen-bond acceptors (Lipinski definition) is 4. The topological polar surface area (TPSA) is 67.6 Å². The Kier molecular flexibility index (Phi) is 5.98. The van der Waals surface area contributed by atoms with Crippen LogP contribution in [0, 0.1) is 0 Å². The van der Waals surface area contributed by atoms with Crippen LogP contribution in [0.1, 0.15) is 47.5 Å². The van der Waals surface area contributed by atoms with Gasteiger partial charge in [0, 0.05) is 19.1 Å². The molecule has 0 aromatic heterocycles. The van der Waals surface area contributed by atoms with Gasteiger partial charge in [-0.25, -0.2) is 0 Å². The maximum absolute atomic E-state index is 11.7. The molecule has 5 nitrogen and oxygen atoms in total. The Labute approximate surface area is 123 Å². The van der Waals surface area contributed by atoms with Crippen molar-refractivity contribution in [2.24, 2.45) is 5.73 Å². The van der Waals surface area contributed by atoms with Gasteiger partial charge in [-0.2, -0.15) is 0 Å². The Morgan fingerprint density at radius 1 is 1.50 bits per heavy atom. The average molecular weight is 285 g/mol. The molecule has 1 heterocycles. The van der Waals surface area contributed by atoms with Gasteiger partial charge in [0.15, 0.2) is 0 Å². The third kappa shape index (κ3) is 5.38. The fourth-order valence-corrected chi connectivity index (χ4v) is 2.86. The molecule has 1 fully saturated rings. The van der Waals surface area contributed by atoms with Crippen molar-refractivity contribution in [2.75, 3.05) is 26.2 Å². The first-order valence-electron chi connectivity index (χ1n) is 7.58. The Morgan fingerprint density at radius 3 is 2.65 bits per heavy atom.